The summed E-state index contributed by atoms with van der Waals surface area (Å²) >= 11 is 3.11. The largest absolute Gasteiger partial charge is 0.287 e. The molecule has 4 nitrogen and oxygen atoms in total. The molecule has 0 aliphatic heterocycles. The maximum absolute atomic E-state index is 10.1. The van der Waals surface area contributed by atoms with Gasteiger partial charge < -0.3 is 0 Å². The van der Waals surface area contributed by atoms with E-state index in [2.05, 4.69) is 17.6 Å². The van der Waals surface area contributed by atoms with Crippen LogP contribution in [0.2, 0.25) is 0 Å². The van der Waals surface area contributed by atoms with Crippen LogP contribution in [0.15, 0.2) is 23.4 Å². The molecule has 1 aromatic heterocycles. The Bertz CT molecular complexity index is 246. The lowest BCUT2D eigenvalue weighted by Gasteiger charge is -1.85. The number of nitro groups is 1. The van der Waals surface area contributed by atoms with Crippen molar-refractivity contribution in [2.24, 2.45) is 0 Å². The van der Waals surface area contributed by atoms with Gasteiger partial charge in [-0.05, 0) is 0 Å². The topological polar surface area (TPSA) is 56.0 Å². The number of hydrogen-bond donors (Lipinski definition) is 0. The maximum Gasteiger partial charge on any atom is 0.287 e. The van der Waals surface area contributed by atoms with Crippen LogP contribution in [-0.4, -0.2) is 9.91 Å². The quantitative estimate of drug-likeness (QED) is 0.336. The van der Waals surface area contributed by atoms with Crippen LogP contribution in [0.4, 0.5) is 5.69 Å². The molecule has 0 unspecified atom stereocenters. The highest BCUT2D eigenvalue weighted by Crippen LogP contribution is 2.07. The predicted octanol–water partition coefficient (Wildman–Crippen LogP) is 0.360. The van der Waals surface area contributed by atoms with Crippen molar-refractivity contribution in [3.05, 3.63) is 28.4 Å². The molecule has 1 heterocycles. The van der Waals surface area contributed by atoms with E-state index in [4.69, 9.17) is 0 Å². The maximum atomic E-state index is 10.1. The molecule has 52 valence electrons. The van der Waals surface area contributed by atoms with Gasteiger partial charge in [0.1, 0.15) is 6.20 Å². The Kier molecular flexibility index (Phi) is 1.86. The van der Waals surface area contributed by atoms with Crippen molar-refractivity contribution in [3.63, 3.8) is 0 Å². The van der Waals surface area contributed by atoms with Crippen LogP contribution < -0.4 is 0 Å². The lowest BCUT2D eigenvalue weighted by molar-refractivity contribution is -0.385. The minimum Gasteiger partial charge on any atom is -0.258 e. The summed E-state index contributed by atoms with van der Waals surface area (Å²) in [6, 6.07) is 2.91. The van der Waals surface area contributed by atoms with Gasteiger partial charge in [0.25, 0.3) is 5.69 Å². The summed E-state index contributed by atoms with van der Waals surface area (Å²) in [4.78, 5) is 13.2. The minimum atomic E-state index is -0.487. The monoisotopic (exact) mass is 157 g/mol. The molecular weight excluding hydrogens is 152 g/mol. The second-order valence-corrected chi connectivity index (χ2v) is 2.17. The highest BCUT2D eigenvalue weighted by molar-refractivity contribution is 7.58. The molecule has 1 rings (SSSR count). The standard InChI is InChI=1S/C5H4N2O2S/c8-7(9)4-1-2-5(10)6-3-4/h1-3H,(H,6,10)/p+1. The highest BCUT2D eigenvalue weighted by Gasteiger charge is 2.04. The zero-order chi connectivity index (χ0) is 7.56. The van der Waals surface area contributed by atoms with Crippen molar-refractivity contribution in [1.82, 2.24) is 4.98 Å². The van der Waals surface area contributed by atoms with Gasteiger partial charge in [-0.2, -0.15) is 0 Å². The summed E-state index contributed by atoms with van der Waals surface area (Å²) in [5.41, 5.74) is 0.00185. The molecule has 0 saturated heterocycles. The van der Waals surface area contributed by atoms with Crippen molar-refractivity contribution >= 4 is 18.3 Å². The van der Waals surface area contributed by atoms with E-state index in [0.29, 0.717) is 5.03 Å². The van der Waals surface area contributed by atoms with Crippen molar-refractivity contribution in [1.29, 1.82) is 0 Å². The average molecular weight is 157 g/mol. The van der Waals surface area contributed by atoms with E-state index < -0.39 is 4.92 Å². The van der Waals surface area contributed by atoms with E-state index in [-0.39, 0.29) is 5.69 Å². The molecule has 0 spiro atoms. The lowest BCUT2D eigenvalue weighted by atomic mass is 10.4. The van der Waals surface area contributed by atoms with E-state index in [9.17, 15) is 10.1 Å². The molecule has 0 fully saturated rings. The van der Waals surface area contributed by atoms with Crippen LogP contribution in [0.25, 0.3) is 0 Å². The van der Waals surface area contributed by atoms with Crippen molar-refractivity contribution in [2.75, 3.05) is 0 Å². The first-order chi connectivity index (χ1) is 4.70. The zero-order valence-corrected chi connectivity index (χ0v) is 5.94. The van der Waals surface area contributed by atoms with Gasteiger partial charge in [0.15, 0.2) is 0 Å². The number of pyridine rings is 1. The Morgan fingerprint density at radius 1 is 1.60 bits per heavy atom. The number of aromatic nitrogens is 1. The fourth-order valence-corrected chi connectivity index (χ4v) is 0.642. The second kappa shape index (κ2) is 2.66. The van der Waals surface area contributed by atoms with E-state index in [0.717, 1.165) is 0 Å². The van der Waals surface area contributed by atoms with E-state index >= 15 is 0 Å². The molecule has 0 bridgehead atoms. The Morgan fingerprint density at radius 2 is 2.30 bits per heavy atom. The van der Waals surface area contributed by atoms with Gasteiger partial charge in [0, 0.05) is 24.8 Å². The molecule has 1 aromatic rings. The third kappa shape index (κ3) is 1.44. The third-order valence-electron chi connectivity index (χ3n) is 0.959. The van der Waals surface area contributed by atoms with Gasteiger partial charge in [-0.3, -0.25) is 10.1 Å². The zero-order valence-electron chi connectivity index (χ0n) is 4.94. The SMILES string of the molecule is O=[N+]([O-])c1ccc([SH2+])nc1. The van der Waals surface area contributed by atoms with Crippen LogP contribution in [0.3, 0.4) is 0 Å². The molecule has 0 radical (unpaired) electrons. The van der Waals surface area contributed by atoms with Crippen LogP contribution in [0.5, 0.6) is 0 Å². The van der Waals surface area contributed by atoms with Gasteiger partial charge in [-0.1, -0.05) is 0 Å². The van der Waals surface area contributed by atoms with Crippen LogP contribution >= 0.6 is 0 Å². The molecule has 0 N–H and O–H groups in total. The van der Waals surface area contributed by atoms with Crippen LogP contribution in [0, 0.1) is 10.1 Å². The third-order valence-corrected chi connectivity index (χ3v) is 1.25. The van der Waals surface area contributed by atoms with Crippen LogP contribution in [0.1, 0.15) is 0 Å². The lowest BCUT2D eigenvalue weighted by Crippen LogP contribution is -1.88. The molecule has 0 aromatic carbocycles. The fourth-order valence-electron chi connectivity index (χ4n) is 0.494. The molecule has 0 amide bonds. The van der Waals surface area contributed by atoms with E-state index in [1.807, 2.05) is 0 Å². The van der Waals surface area contributed by atoms with Crippen molar-refractivity contribution < 1.29 is 4.92 Å². The molecule has 0 aliphatic rings. The average Bonchev–Trinajstić information content (AvgIpc) is 1.88. The van der Waals surface area contributed by atoms with E-state index in [1.165, 1.54) is 18.3 Å². The summed E-state index contributed by atoms with van der Waals surface area (Å²) in [5.74, 6) is 0. The van der Waals surface area contributed by atoms with Crippen molar-refractivity contribution in [2.45, 2.75) is 5.03 Å². The first-order valence-corrected chi connectivity index (χ1v) is 3.02. The minimum absolute atomic E-state index is 0.00185. The highest BCUT2D eigenvalue weighted by atomic mass is 32.1. The predicted molar refractivity (Wildman–Crippen MR) is 39.3 cm³/mol. The van der Waals surface area contributed by atoms with Gasteiger partial charge >= 0.3 is 0 Å². The number of nitrogens with zero attached hydrogens (tertiary/aromatic N) is 2. The van der Waals surface area contributed by atoms with Gasteiger partial charge in [-0.15, -0.1) is 0 Å². The van der Waals surface area contributed by atoms with Gasteiger partial charge in [0.05, 0.1) is 4.92 Å². The molecule has 5 heteroatoms. The first kappa shape index (κ1) is 7.01. The number of hydrogen-bond acceptors (Lipinski definition) is 3. The summed E-state index contributed by atoms with van der Waals surface area (Å²) in [7, 11) is 0. The Morgan fingerprint density at radius 3 is 2.70 bits per heavy atom. The summed E-state index contributed by atoms with van der Waals surface area (Å²) in [6.45, 7) is 0. The van der Waals surface area contributed by atoms with Crippen molar-refractivity contribution in [3.8, 4) is 0 Å². The molecular formula is C5H5N2O2S+. The molecule has 0 aliphatic carbocycles. The number of rotatable bonds is 1. The normalized spacial score (nSPS) is 9.30. The molecule has 10 heavy (non-hydrogen) atoms. The van der Waals surface area contributed by atoms with E-state index in [1.54, 1.807) is 0 Å². The summed E-state index contributed by atoms with van der Waals surface area (Å²) in [6.07, 6.45) is 1.20. The first-order valence-electron chi connectivity index (χ1n) is 2.52. The van der Waals surface area contributed by atoms with Crippen LogP contribution in [-0.2, 0) is 12.6 Å². The Hall–Kier alpha value is -1.10. The second-order valence-electron chi connectivity index (χ2n) is 1.66. The molecule has 0 atom stereocenters. The summed E-state index contributed by atoms with van der Waals surface area (Å²) < 4.78 is 0. The Balaban J connectivity index is 3.00. The summed E-state index contributed by atoms with van der Waals surface area (Å²) in [5, 5.41) is 10.7. The molecule has 0 saturated carbocycles. The van der Waals surface area contributed by atoms with Gasteiger partial charge in [-0.25, -0.2) is 4.98 Å². The Labute approximate surface area is 62.5 Å². The van der Waals surface area contributed by atoms with Gasteiger partial charge in [0.2, 0.25) is 5.03 Å². The fraction of sp³-hybridized carbons (Fsp3) is 0. The smallest absolute Gasteiger partial charge is 0.258 e.